The molecule has 2 aromatic heterocycles. The number of nitrogens with zero attached hydrogens (tertiary/aromatic N) is 4. The van der Waals surface area contributed by atoms with E-state index < -0.39 is 17.6 Å². The Labute approximate surface area is 199 Å². The quantitative estimate of drug-likeness (QED) is 0.439. The molecule has 3 aliphatic rings. The molecule has 7 nitrogen and oxygen atoms in total. The molecule has 0 unspecified atom stereocenters. The van der Waals surface area contributed by atoms with E-state index in [0.717, 1.165) is 18.9 Å². The van der Waals surface area contributed by atoms with Crippen molar-refractivity contribution in [3.05, 3.63) is 77.0 Å². The van der Waals surface area contributed by atoms with Crippen LogP contribution in [0.25, 0.3) is 22.3 Å². The Kier molecular flexibility index (Phi) is 4.93. The normalized spacial score (nSPS) is 20.8. The lowest BCUT2D eigenvalue weighted by molar-refractivity contribution is -0.0132. The zero-order chi connectivity index (χ0) is 24.3. The van der Waals surface area contributed by atoms with Crippen LogP contribution in [0.4, 0.5) is 8.78 Å². The van der Waals surface area contributed by atoms with Crippen LogP contribution in [0.5, 0.6) is 0 Å². The number of fused-ring (bicyclic) bond motifs is 2. The summed E-state index contributed by atoms with van der Waals surface area (Å²) in [5.41, 5.74) is 1.60. The van der Waals surface area contributed by atoms with Crippen LogP contribution < -0.4 is 0 Å². The van der Waals surface area contributed by atoms with Gasteiger partial charge in [-0.2, -0.15) is 0 Å². The van der Waals surface area contributed by atoms with Gasteiger partial charge in [0.25, 0.3) is 0 Å². The Hall–Kier alpha value is -3.72. The lowest BCUT2D eigenvalue weighted by Gasteiger charge is -2.36. The van der Waals surface area contributed by atoms with Crippen molar-refractivity contribution < 1.29 is 23.4 Å². The maximum atomic E-state index is 15.2. The predicted octanol–water partition coefficient (Wildman–Crippen LogP) is 4.55. The van der Waals surface area contributed by atoms with Crippen molar-refractivity contribution in [3.63, 3.8) is 0 Å². The number of halogens is 2. The number of hydrogen-bond donors (Lipinski definition) is 1. The summed E-state index contributed by atoms with van der Waals surface area (Å²) in [5.74, 6) is -0.653. The smallest absolute Gasteiger partial charge is 0.335 e. The molecule has 1 N–H and O–H groups in total. The van der Waals surface area contributed by atoms with Crippen LogP contribution in [0.2, 0.25) is 0 Å². The zero-order valence-corrected chi connectivity index (χ0v) is 19.0. The number of aryl methyl sites for hydroxylation is 1. The van der Waals surface area contributed by atoms with E-state index in [1.807, 2.05) is 4.57 Å². The number of carboxylic acids is 1. The van der Waals surface area contributed by atoms with Crippen LogP contribution in [0.1, 0.15) is 40.4 Å². The first-order chi connectivity index (χ1) is 16.8. The van der Waals surface area contributed by atoms with Crippen molar-refractivity contribution >= 4 is 17.0 Å². The summed E-state index contributed by atoms with van der Waals surface area (Å²) >= 11 is 0. The number of hydrogen-bond acceptors (Lipinski definition) is 5. The van der Waals surface area contributed by atoms with Gasteiger partial charge in [0.05, 0.1) is 41.0 Å². The largest absolute Gasteiger partial charge is 0.478 e. The van der Waals surface area contributed by atoms with Crippen LogP contribution in [0.15, 0.2) is 42.6 Å². The molecule has 0 spiro atoms. The molecule has 4 heterocycles. The van der Waals surface area contributed by atoms with E-state index >= 15 is 8.78 Å². The molecule has 9 heteroatoms. The van der Waals surface area contributed by atoms with Crippen molar-refractivity contribution in [2.75, 3.05) is 6.61 Å². The van der Waals surface area contributed by atoms with E-state index in [9.17, 15) is 9.90 Å². The average Bonchev–Trinajstić information content (AvgIpc) is 3.49. The Balaban J connectivity index is 1.41. The zero-order valence-electron chi connectivity index (χ0n) is 19.0. The van der Waals surface area contributed by atoms with Gasteiger partial charge in [0, 0.05) is 18.2 Å². The summed E-state index contributed by atoms with van der Waals surface area (Å²) in [5, 5.41) is 9.47. The van der Waals surface area contributed by atoms with Gasteiger partial charge in [-0.1, -0.05) is 0 Å². The highest BCUT2D eigenvalue weighted by molar-refractivity contribution is 5.92. The molecule has 178 valence electrons. The van der Waals surface area contributed by atoms with Gasteiger partial charge in [-0.25, -0.2) is 28.5 Å². The monoisotopic (exact) mass is 476 g/mol. The third kappa shape index (κ3) is 3.76. The maximum absolute atomic E-state index is 15.2. The maximum Gasteiger partial charge on any atom is 0.335 e. The highest BCUT2D eigenvalue weighted by Gasteiger charge is 2.52. The number of carbonyl (C=O) groups is 1. The molecule has 7 rings (SSSR count). The van der Waals surface area contributed by atoms with E-state index in [0.29, 0.717) is 47.4 Å². The predicted molar refractivity (Wildman–Crippen MR) is 123 cm³/mol. The second kappa shape index (κ2) is 7.91. The second-order valence-electron chi connectivity index (χ2n) is 9.48. The van der Waals surface area contributed by atoms with Crippen LogP contribution in [0, 0.1) is 24.5 Å². The molecule has 4 aromatic rings. The van der Waals surface area contributed by atoms with Gasteiger partial charge >= 0.3 is 5.97 Å². The number of imidazole rings is 1. The molecule has 2 saturated heterocycles. The molecule has 1 aliphatic carbocycles. The Morgan fingerprint density at radius 3 is 2.71 bits per heavy atom. The fourth-order valence-electron chi connectivity index (χ4n) is 5.30. The molecule has 2 aromatic carbocycles. The number of benzene rings is 2. The standard InChI is InChI=1S/C26H22F2N4O3/c1-14-29-5-4-21(30-14)18-9-19(27)17(6-20(18)28)8-24-31-22-3-2-16(25(33)34)7-23(22)32(24)13-26-10-15(11-26)12-35-26/h2-7,9,15H,8,10-13H2,1H3,(H,33,34). The molecule has 0 atom stereocenters. The minimum absolute atomic E-state index is 0.0441. The van der Waals surface area contributed by atoms with Crippen LogP contribution >= 0.6 is 0 Å². The molecule has 1 saturated carbocycles. The van der Waals surface area contributed by atoms with Gasteiger partial charge in [-0.05, 0) is 67.6 Å². The lowest BCUT2D eigenvalue weighted by atomic mass is 9.74. The van der Waals surface area contributed by atoms with E-state index in [2.05, 4.69) is 15.0 Å². The van der Waals surface area contributed by atoms with Gasteiger partial charge in [-0.3, -0.25) is 0 Å². The molecule has 2 bridgehead atoms. The number of carboxylic acid groups (broad SMARTS) is 1. The molecule has 0 radical (unpaired) electrons. The summed E-state index contributed by atoms with van der Waals surface area (Å²) in [4.78, 5) is 24.4. The third-order valence-electron chi connectivity index (χ3n) is 7.00. The fraction of sp³-hybridized carbons (Fsp3) is 0.308. The number of aromatic nitrogens is 4. The minimum atomic E-state index is -1.04. The minimum Gasteiger partial charge on any atom is -0.478 e. The van der Waals surface area contributed by atoms with Crippen LogP contribution in [-0.4, -0.2) is 42.8 Å². The summed E-state index contributed by atoms with van der Waals surface area (Å²) in [7, 11) is 0. The van der Waals surface area contributed by atoms with Crippen molar-refractivity contribution in [3.8, 4) is 11.3 Å². The van der Waals surface area contributed by atoms with Gasteiger partial charge in [-0.15, -0.1) is 0 Å². The molecule has 2 aliphatic heterocycles. The molecular formula is C26H22F2N4O3. The first kappa shape index (κ1) is 21.8. The first-order valence-electron chi connectivity index (χ1n) is 11.4. The second-order valence-corrected chi connectivity index (χ2v) is 9.48. The highest BCUT2D eigenvalue weighted by atomic mass is 19.1. The lowest BCUT2D eigenvalue weighted by Crippen LogP contribution is -2.41. The van der Waals surface area contributed by atoms with Gasteiger partial charge < -0.3 is 14.4 Å². The molecule has 35 heavy (non-hydrogen) atoms. The molecular weight excluding hydrogens is 454 g/mol. The summed E-state index contributed by atoms with van der Waals surface area (Å²) in [6.07, 6.45) is 3.41. The van der Waals surface area contributed by atoms with E-state index in [4.69, 9.17) is 4.74 Å². The van der Waals surface area contributed by atoms with Crippen molar-refractivity contribution in [2.45, 2.75) is 38.3 Å². The third-order valence-corrected chi connectivity index (χ3v) is 7.00. The summed E-state index contributed by atoms with van der Waals surface area (Å²) in [6, 6.07) is 8.58. The van der Waals surface area contributed by atoms with Crippen molar-refractivity contribution in [1.82, 2.24) is 19.5 Å². The van der Waals surface area contributed by atoms with Crippen LogP contribution in [0.3, 0.4) is 0 Å². The highest BCUT2D eigenvalue weighted by Crippen LogP contribution is 2.49. The molecule has 0 amide bonds. The van der Waals surface area contributed by atoms with Gasteiger partial charge in [0.1, 0.15) is 23.3 Å². The number of rotatable bonds is 6. The SMILES string of the molecule is Cc1nccc(-c2cc(F)c(Cc3nc4ccc(C(=O)O)cc4n3CC34CC(CO3)C4)cc2F)n1. The van der Waals surface area contributed by atoms with Crippen LogP contribution in [-0.2, 0) is 17.7 Å². The Morgan fingerprint density at radius 1 is 1.17 bits per heavy atom. The first-order valence-corrected chi connectivity index (χ1v) is 11.4. The van der Waals surface area contributed by atoms with E-state index in [1.165, 1.54) is 24.4 Å². The Bertz CT molecular complexity index is 1490. The Morgan fingerprint density at radius 2 is 2.00 bits per heavy atom. The summed E-state index contributed by atoms with van der Waals surface area (Å²) in [6.45, 7) is 2.89. The van der Waals surface area contributed by atoms with Gasteiger partial charge in [0.2, 0.25) is 0 Å². The topological polar surface area (TPSA) is 90.1 Å². The van der Waals surface area contributed by atoms with E-state index in [1.54, 1.807) is 19.1 Å². The van der Waals surface area contributed by atoms with Crippen molar-refractivity contribution in [1.29, 1.82) is 0 Å². The number of ether oxygens (including phenoxy) is 1. The summed E-state index contributed by atoms with van der Waals surface area (Å²) < 4.78 is 38.2. The van der Waals surface area contributed by atoms with E-state index in [-0.39, 0.29) is 28.7 Å². The fourth-order valence-corrected chi connectivity index (χ4v) is 5.30. The molecule has 3 fully saturated rings. The van der Waals surface area contributed by atoms with Crippen molar-refractivity contribution in [2.24, 2.45) is 5.92 Å². The van der Waals surface area contributed by atoms with Gasteiger partial charge in [0.15, 0.2) is 0 Å². The average molecular weight is 476 g/mol. The number of aromatic carboxylic acids is 1.